The Kier molecular flexibility index (Phi) is 8.71. The Morgan fingerprint density at radius 1 is 1.00 bits per heavy atom. The van der Waals surface area contributed by atoms with Crippen LogP contribution in [-0.4, -0.2) is 28.6 Å². The monoisotopic (exact) mass is 553 g/mol. The molecule has 0 aliphatic carbocycles. The third kappa shape index (κ3) is 6.63. The lowest BCUT2D eigenvalue weighted by atomic mass is 10.1. The van der Waals surface area contributed by atoms with Crippen LogP contribution in [0.3, 0.4) is 0 Å². The van der Waals surface area contributed by atoms with Crippen LogP contribution in [0.25, 0.3) is 6.08 Å². The Bertz CT molecular complexity index is 1420. The first-order chi connectivity index (χ1) is 17.9. The quantitative estimate of drug-likeness (QED) is 0.309. The van der Waals surface area contributed by atoms with Gasteiger partial charge in [0.05, 0.1) is 21.6 Å². The number of nitrogens with zero attached hydrogens (tertiary/aromatic N) is 1. The van der Waals surface area contributed by atoms with Crippen LogP contribution in [0, 0.1) is 0 Å². The van der Waals surface area contributed by atoms with Crippen LogP contribution in [0.1, 0.15) is 28.4 Å². The molecular formula is C28H21Cl2NO5S. The number of amides is 1. The lowest BCUT2D eigenvalue weighted by molar-refractivity contribution is -0.138. The lowest BCUT2D eigenvalue weighted by Crippen LogP contribution is -2.14. The Balaban J connectivity index is 1.53. The number of hydrogen-bond donors (Lipinski definition) is 1. The van der Waals surface area contributed by atoms with E-state index < -0.39 is 11.9 Å². The summed E-state index contributed by atoms with van der Waals surface area (Å²) in [6.45, 7) is 2.09. The molecule has 1 aliphatic heterocycles. The zero-order valence-corrected chi connectivity index (χ0v) is 21.9. The van der Waals surface area contributed by atoms with Crippen molar-refractivity contribution < 1.29 is 24.2 Å². The summed E-state index contributed by atoms with van der Waals surface area (Å²) in [6.07, 6.45) is 1.69. The van der Waals surface area contributed by atoms with Crippen molar-refractivity contribution in [3.05, 3.63) is 116 Å². The molecule has 0 atom stereocenters. The number of aliphatic hydroxyl groups is 1. The van der Waals surface area contributed by atoms with Crippen molar-refractivity contribution in [2.75, 3.05) is 6.61 Å². The number of ether oxygens (including phenoxy) is 2. The third-order valence-electron chi connectivity index (χ3n) is 5.16. The van der Waals surface area contributed by atoms with Crippen molar-refractivity contribution in [3.8, 4) is 5.75 Å². The highest BCUT2D eigenvalue weighted by Gasteiger charge is 2.33. The van der Waals surface area contributed by atoms with Crippen LogP contribution in [0.2, 0.25) is 10.0 Å². The van der Waals surface area contributed by atoms with E-state index in [1.54, 1.807) is 79.7 Å². The van der Waals surface area contributed by atoms with E-state index in [9.17, 15) is 14.7 Å². The fourth-order valence-corrected chi connectivity index (χ4v) is 4.67. The second-order valence-corrected chi connectivity index (χ2v) is 9.59. The van der Waals surface area contributed by atoms with E-state index in [0.717, 1.165) is 22.9 Å². The molecule has 1 aliphatic rings. The number of hydrogen-bond acceptors (Lipinski definition) is 6. The van der Waals surface area contributed by atoms with E-state index in [2.05, 4.69) is 4.99 Å². The molecule has 0 fully saturated rings. The number of aliphatic hydroxyl groups excluding tert-OH is 1. The summed E-state index contributed by atoms with van der Waals surface area (Å²) in [5, 5.41) is 11.8. The van der Waals surface area contributed by atoms with E-state index in [1.165, 1.54) is 0 Å². The Morgan fingerprint density at radius 3 is 2.41 bits per heavy atom. The molecule has 1 heterocycles. The molecule has 188 valence electrons. The van der Waals surface area contributed by atoms with Gasteiger partial charge >= 0.3 is 5.97 Å². The number of carbonyl (C=O) groups is 2. The summed E-state index contributed by atoms with van der Waals surface area (Å²) < 4.78 is 10.9. The van der Waals surface area contributed by atoms with Crippen molar-refractivity contribution in [1.29, 1.82) is 0 Å². The highest BCUT2D eigenvalue weighted by atomic mass is 35.5. The minimum Gasteiger partial charge on any atom is -0.506 e. The maximum atomic E-state index is 12.6. The fraction of sp³-hybridized carbons (Fsp3) is 0.107. The molecule has 0 spiro atoms. The van der Waals surface area contributed by atoms with Gasteiger partial charge < -0.3 is 14.6 Å². The fourth-order valence-electron chi connectivity index (χ4n) is 3.34. The van der Waals surface area contributed by atoms with E-state index in [1.807, 2.05) is 6.07 Å². The minimum atomic E-state index is -0.749. The largest absolute Gasteiger partial charge is 0.506 e. The standard InChI is InChI=1S/C28H21Cl2NO5S/c1-2-35-28(34)24-25(32)23(37-27(24)31-26(33)19-6-4-3-5-7-19)15-17-8-11-20(12-9-17)36-16-18-10-13-21(29)22(30)14-18/h3-15,32H,2,16H2,1H3/b23-15-,31-27?. The van der Waals surface area contributed by atoms with Crippen molar-refractivity contribution >= 4 is 58.0 Å². The van der Waals surface area contributed by atoms with Gasteiger partial charge in [-0.2, -0.15) is 0 Å². The maximum Gasteiger partial charge on any atom is 0.344 e. The molecule has 9 heteroatoms. The third-order valence-corrected chi connectivity index (χ3v) is 6.92. The molecular weight excluding hydrogens is 533 g/mol. The van der Waals surface area contributed by atoms with Crippen molar-refractivity contribution in [1.82, 2.24) is 0 Å². The molecule has 3 aromatic carbocycles. The summed E-state index contributed by atoms with van der Waals surface area (Å²) in [5.41, 5.74) is 1.85. The molecule has 1 N–H and O–H groups in total. The number of benzene rings is 3. The van der Waals surface area contributed by atoms with Gasteiger partial charge in [-0.1, -0.05) is 71.4 Å². The van der Waals surface area contributed by atoms with Crippen molar-refractivity contribution in [2.45, 2.75) is 13.5 Å². The average Bonchev–Trinajstić information content (AvgIpc) is 3.20. The van der Waals surface area contributed by atoms with Gasteiger partial charge in [0.2, 0.25) is 0 Å². The smallest absolute Gasteiger partial charge is 0.344 e. The summed E-state index contributed by atoms with van der Waals surface area (Å²) in [5.74, 6) is -0.929. The molecule has 4 rings (SSSR count). The molecule has 0 unspecified atom stereocenters. The molecule has 3 aromatic rings. The predicted octanol–water partition coefficient (Wildman–Crippen LogP) is 7.27. The molecule has 0 saturated heterocycles. The molecule has 0 bridgehead atoms. The topological polar surface area (TPSA) is 85.2 Å². The summed E-state index contributed by atoms with van der Waals surface area (Å²) in [7, 11) is 0. The van der Waals surface area contributed by atoms with Crippen molar-refractivity contribution in [2.24, 2.45) is 4.99 Å². The van der Waals surface area contributed by atoms with Crippen LogP contribution < -0.4 is 4.74 Å². The number of halogens is 2. The summed E-state index contributed by atoms with van der Waals surface area (Å²) >= 11 is 13.0. The second-order valence-electron chi connectivity index (χ2n) is 7.75. The van der Waals surface area contributed by atoms with E-state index >= 15 is 0 Å². The second kappa shape index (κ2) is 12.1. The molecule has 1 amide bonds. The van der Waals surface area contributed by atoms with Gasteiger partial charge in [-0.25, -0.2) is 9.79 Å². The first-order valence-corrected chi connectivity index (χ1v) is 12.8. The first kappa shape index (κ1) is 26.5. The van der Waals surface area contributed by atoms with E-state index in [-0.39, 0.29) is 23.0 Å². The maximum absolute atomic E-state index is 12.6. The van der Waals surface area contributed by atoms with E-state index in [4.69, 9.17) is 32.7 Å². The van der Waals surface area contributed by atoms with Gasteiger partial charge in [0, 0.05) is 5.56 Å². The van der Waals surface area contributed by atoms with Crippen LogP contribution in [-0.2, 0) is 16.1 Å². The number of thioether (sulfide) groups is 1. The van der Waals surface area contributed by atoms with E-state index in [0.29, 0.717) is 32.9 Å². The van der Waals surface area contributed by atoms with Crippen molar-refractivity contribution in [3.63, 3.8) is 0 Å². The zero-order chi connectivity index (χ0) is 26.4. The molecule has 0 aromatic heterocycles. The summed E-state index contributed by atoms with van der Waals surface area (Å²) in [6, 6.07) is 21.0. The number of rotatable bonds is 7. The average molecular weight is 554 g/mol. The zero-order valence-electron chi connectivity index (χ0n) is 19.6. The Hall–Kier alpha value is -3.52. The molecule has 0 saturated carbocycles. The molecule has 0 radical (unpaired) electrons. The van der Waals surface area contributed by atoms with Gasteiger partial charge in [0.15, 0.2) is 0 Å². The van der Waals surface area contributed by atoms with Crippen LogP contribution in [0.5, 0.6) is 5.75 Å². The number of carbonyl (C=O) groups excluding carboxylic acids is 2. The van der Waals surface area contributed by atoms with Gasteiger partial charge in [-0.3, -0.25) is 4.79 Å². The Labute approximate surface area is 228 Å². The highest BCUT2D eigenvalue weighted by Crippen LogP contribution is 2.39. The summed E-state index contributed by atoms with van der Waals surface area (Å²) in [4.78, 5) is 29.6. The normalized spacial score (nSPS) is 15.3. The number of esters is 1. The van der Waals surface area contributed by atoms with Gasteiger partial charge in [0.25, 0.3) is 5.91 Å². The highest BCUT2D eigenvalue weighted by molar-refractivity contribution is 8.18. The lowest BCUT2D eigenvalue weighted by Gasteiger charge is -2.07. The molecule has 6 nitrogen and oxygen atoms in total. The number of aliphatic imine (C=N–C) groups is 1. The van der Waals surface area contributed by atoms with Crippen LogP contribution in [0.4, 0.5) is 0 Å². The van der Waals surface area contributed by atoms with Gasteiger partial charge in [-0.15, -0.1) is 0 Å². The van der Waals surface area contributed by atoms with Gasteiger partial charge in [-0.05, 0) is 60.5 Å². The van der Waals surface area contributed by atoms with Gasteiger partial charge in [0.1, 0.15) is 28.7 Å². The SMILES string of the molecule is CCOC(=O)C1=C(O)/C(=C/c2ccc(OCc3ccc(Cl)c(Cl)c3)cc2)SC1=NC(=O)c1ccccc1. The van der Waals surface area contributed by atoms with Crippen LogP contribution >= 0.6 is 35.0 Å². The first-order valence-electron chi connectivity index (χ1n) is 11.2. The minimum absolute atomic E-state index is 0.0811. The Morgan fingerprint density at radius 2 is 1.73 bits per heavy atom. The van der Waals surface area contributed by atoms with Crippen LogP contribution in [0.15, 0.2) is 94.0 Å². The molecule has 37 heavy (non-hydrogen) atoms. The predicted molar refractivity (Wildman–Crippen MR) is 147 cm³/mol.